The van der Waals surface area contributed by atoms with Crippen molar-refractivity contribution in [3.63, 3.8) is 0 Å². The predicted molar refractivity (Wildman–Crippen MR) is 173 cm³/mol. The SMILES string of the molecule is COc1cc(N2CCC(CN3CC4CN(c5ccc6c(c5)C(=O)N(C5CCC(=O)NC5=O)C6=O)CC4C3)CC2)c(C2CC2)cc1N. The summed E-state index contributed by atoms with van der Waals surface area (Å²) in [5.74, 6) is 1.39. The number of carbonyl (C=O) groups excluding carboxylic acids is 4. The largest absolute Gasteiger partial charge is 0.495 e. The molecule has 46 heavy (non-hydrogen) atoms. The van der Waals surface area contributed by atoms with Gasteiger partial charge in [0, 0.05) is 69.7 Å². The van der Waals surface area contributed by atoms with Crippen LogP contribution in [0.2, 0.25) is 0 Å². The van der Waals surface area contributed by atoms with Crippen LogP contribution in [0.4, 0.5) is 17.1 Å². The second kappa shape index (κ2) is 11.3. The van der Waals surface area contributed by atoms with Crippen LogP contribution in [-0.2, 0) is 9.59 Å². The lowest BCUT2D eigenvalue weighted by atomic mass is 9.94. The van der Waals surface area contributed by atoms with Crippen LogP contribution in [-0.4, -0.2) is 92.4 Å². The Morgan fingerprint density at radius 2 is 1.57 bits per heavy atom. The molecule has 3 N–H and O–H groups in total. The third-order valence-corrected chi connectivity index (χ3v) is 11.2. The van der Waals surface area contributed by atoms with Crippen molar-refractivity contribution in [2.24, 2.45) is 17.8 Å². The highest BCUT2D eigenvalue weighted by Crippen LogP contribution is 2.48. The summed E-state index contributed by atoms with van der Waals surface area (Å²) in [6.45, 7) is 7.31. The van der Waals surface area contributed by atoms with Gasteiger partial charge in [0.15, 0.2) is 0 Å². The van der Waals surface area contributed by atoms with Gasteiger partial charge in [-0.3, -0.25) is 29.4 Å². The van der Waals surface area contributed by atoms with Crippen molar-refractivity contribution >= 4 is 40.7 Å². The Balaban J connectivity index is 0.860. The molecule has 3 atom stereocenters. The van der Waals surface area contributed by atoms with Gasteiger partial charge in [-0.05, 0) is 85.6 Å². The molecule has 3 unspecified atom stereocenters. The summed E-state index contributed by atoms with van der Waals surface area (Å²) in [5.41, 5.74) is 11.3. The maximum Gasteiger partial charge on any atom is 0.262 e. The van der Waals surface area contributed by atoms with E-state index in [-0.39, 0.29) is 18.7 Å². The van der Waals surface area contributed by atoms with E-state index in [0.29, 0.717) is 34.8 Å². The molecular formula is C35H42N6O5. The van der Waals surface area contributed by atoms with Crippen molar-refractivity contribution in [3.8, 4) is 5.75 Å². The van der Waals surface area contributed by atoms with Gasteiger partial charge in [0.2, 0.25) is 11.8 Å². The number of anilines is 3. The summed E-state index contributed by atoms with van der Waals surface area (Å²) in [6, 6.07) is 8.81. The Kier molecular flexibility index (Phi) is 7.19. The molecule has 2 aromatic carbocycles. The van der Waals surface area contributed by atoms with E-state index < -0.39 is 23.8 Å². The Hall–Kier alpha value is -4.12. The molecule has 4 amide bonds. The van der Waals surface area contributed by atoms with Gasteiger partial charge in [-0.2, -0.15) is 0 Å². The number of nitrogens with two attached hydrogens (primary N) is 1. The monoisotopic (exact) mass is 626 g/mol. The van der Waals surface area contributed by atoms with Gasteiger partial charge < -0.3 is 25.2 Å². The minimum Gasteiger partial charge on any atom is -0.495 e. The highest BCUT2D eigenvalue weighted by Gasteiger charge is 2.46. The summed E-state index contributed by atoms with van der Waals surface area (Å²) < 4.78 is 5.56. The van der Waals surface area contributed by atoms with Crippen molar-refractivity contribution in [2.45, 2.75) is 50.5 Å². The van der Waals surface area contributed by atoms with Crippen molar-refractivity contribution in [3.05, 3.63) is 47.0 Å². The average molecular weight is 627 g/mol. The number of piperidine rings is 2. The number of likely N-dealkylation sites (tertiary alicyclic amines) is 1. The first-order valence-corrected chi connectivity index (χ1v) is 16.8. The Morgan fingerprint density at radius 3 is 2.24 bits per heavy atom. The molecule has 2 aromatic rings. The van der Waals surface area contributed by atoms with Crippen LogP contribution in [0.5, 0.6) is 5.75 Å². The molecule has 0 aromatic heterocycles. The van der Waals surface area contributed by atoms with Crippen molar-refractivity contribution in [2.75, 3.05) is 68.5 Å². The summed E-state index contributed by atoms with van der Waals surface area (Å²) in [6.07, 6.45) is 5.14. The van der Waals surface area contributed by atoms with Gasteiger partial charge in [0.1, 0.15) is 11.8 Å². The molecule has 11 heteroatoms. The van der Waals surface area contributed by atoms with Gasteiger partial charge in [-0.1, -0.05) is 0 Å². The molecule has 11 nitrogen and oxygen atoms in total. The number of hydrogen-bond donors (Lipinski definition) is 2. The zero-order valence-corrected chi connectivity index (χ0v) is 26.4. The zero-order valence-electron chi connectivity index (χ0n) is 26.4. The molecule has 5 heterocycles. The first-order chi connectivity index (χ1) is 22.3. The number of carbonyl (C=O) groups is 4. The summed E-state index contributed by atoms with van der Waals surface area (Å²) in [5, 5.41) is 2.26. The van der Waals surface area contributed by atoms with Gasteiger partial charge >= 0.3 is 0 Å². The van der Waals surface area contributed by atoms with E-state index >= 15 is 0 Å². The third kappa shape index (κ3) is 5.09. The maximum atomic E-state index is 13.3. The fraction of sp³-hybridized carbons (Fsp3) is 0.543. The number of ether oxygens (including phenoxy) is 1. The number of benzene rings is 2. The molecule has 6 aliphatic rings. The third-order valence-electron chi connectivity index (χ3n) is 11.2. The second-order valence-electron chi connectivity index (χ2n) is 14.2. The summed E-state index contributed by atoms with van der Waals surface area (Å²) in [4.78, 5) is 59.0. The number of hydrogen-bond acceptors (Lipinski definition) is 9. The van der Waals surface area contributed by atoms with Crippen LogP contribution in [0.1, 0.15) is 70.7 Å². The van der Waals surface area contributed by atoms with Crippen molar-refractivity contribution < 1.29 is 23.9 Å². The molecular weight excluding hydrogens is 584 g/mol. The molecule has 5 fully saturated rings. The minimum absolute atomic E-state index is 0.113. The number of rotatable bonds is 7. The molecule has 1 saturated carbocycles. The Labute approximate surface area is 269 Å². The number of imide groups is 2. The van der Waals surface area contributed by atoms with E-state index in [2.05, 4.69) is 32.1 Å². The van der Waals surface area contributed by atoms with E-state index in [4.69, 9.17) is 10.5 Å². The highest BCUT2D eigenvalue weighted by molar-refractivity contribution is 6.23. The fourth-order valence-corrected chi connectivity index (χ4v) is 8.60. The standard InChI is InChI=1S/C35H42N6O5/c1-46-31-14-30(26(13-28(31)36)21-2-3-21)39-10-8-20(9-11-39)15-38-16-22-18-40(19-23(22)17-38)24-4-5-25-27(12-24)35(45)41(34(25)44)29-6-7-32(42)37-33(29)43/h4-5,12-14,20-23,29H,2-3,6-11,15-19,36H2,1H3,(H,37,42,43). The smallest absolute Gasteiger partial charge is 0.262 e. The van der Waals surface area contributed by atoms with E-state index in [1.54, 1.807) is 13.2 Å². The quantitative estimate of drug-likeness (QED) is 0.352. The highest BCUT2D eigenvalue weighted by atomic mass is 16.5. The molecule has 5 aliphatic heterocycles. The van der Waals surface area contributed by atoms with E-state index in [9.17, 15) is 19.2 Å². The Morgan fingerprint density at radius 1 is 0.848 bits per heavy atom. The molecule has 0 spiro atoms. The number of fused-ring (bicyclic) bond motifs is 2. The van der Waals surface area contributed by atoms with E-state index in [1.165, 1.54) is 36.9 Å². The van der Waals surface area contributed by atoms with Gasteiger partial charge in [-0.25, -0.2) is 0 Å². The summed E-state index contributed by atoms with van der Waals surface area (Å²) >= 11 is 0. The second-order valence-corrected chi connectivity index (χ2v) is 14.2. The first-order valence-electron chi connectivity index (χ1n) is 16.8. The fourth-order valence-electron chi connectivity index (χ4n) is 8.60. The zero-order chi connectivity index (χ0) is 31.7. The topological polar surface area (TPSA) is 129 Å². The van der Waals surface area contributed by atoms with Crippen LogP contribution >= 0.6 is 0 Å². The van der Waals surface area contributed by atoms with Crippen molar-refractivity contribution in [1.82, 2.24) is 15.1 Å². The molecule has 242 valence electrons. The molecule has 4 saturated heterocycles. The average Bonchev–Trinajstić information content (AvgIpc) is 3.65. The van der Waals surface area contributed by atoms with Crippen LogP contribution in [0, 0.1) is 17.8 Å². The maximum absolute atomic E-state index is 13.3. The van der Waals surface area contributed by atoms with Crippen molar-refractivity contribution in [1.29, 1.82) is 0 Å². The number of nitrogen functional groups attached to an aromatic ring is 1. The van der Waals surface area contributed by atoms with Crippen LogP contribution in [0.15, 0.2) is 30.3 Å². The number of amides is 4. The number of nitrogens with zero attached hydrogens (tertiary/aromatic N) is 4. The lowest BCUT2D eigenvalue weighted by Gasteiger charge is -2.37. The lowest BCUT2D eigenvalue weighted by molar-refractivity contribution is -0.136. The normalized spacial score (nSPS) is 27.0. The molecule has 8 rings (SSSR count). The Bertz CT molecular complexity index is 1600. The van der Waals surface area contributed by atoms with Crippen LogP contribution in [0.3, 0.4) is 0 Å². The lowest BCUT2D eigenvalue weighted by Crippen LogP contribution is -2.54. The molecule has 0 bridgehead atoms. The first kappa shape index (κ1) is 29.3. The van der Waals surface area contributed by atoms with Gasteiger partial charge in [-0.15, -0.1) is 0 Å². The van der Waals surface area contributed by atoms with Crippen LogP contribution < -0.4 is 25.6 Å². The van der Waals surface area contributed by atoms with E-state index in [1.807, 2.05) is 12.1 Å². The van der Waals surface area contributed by atoms with Gasteiger partial charge in [0.05, 0.1) is 23.9 Å². The van der Waals surface area contributed by atoms with Crippen LogP contribution in [0.25, 0.3) is 0 Å². The summed E-state index contributed by atoms with van der Waals surface area (Å²) in [7, 11) is 1.69. The van der Waals surface area contributed by atoms with E-state index in [0.717, 1.165) is 67.8 Å². The molecule has 1 aliphatic carbocycles. The minimum atomic E-state index is -0.945. The molecule has 0 radical (unpaired) electrons. The number of methoxy groups -OCH3 is 1. The van der Waals surface area contributed by atoms with Gasteiger partial charge in [0.25, 0.3) is 11.8 Å². The predicted octanol–water partition coefficient (Wildman–Crippen LogP) is 2.84. The number of nitrogens with one attached hydrogen (secondary N) is 1.